The van der Waals surface area contributed by atoms with E-state index in [1.165, 1.54) is 0 Å². The van der Waals surface area contributed by atoms with E-state index in [1.807, 2.05) is 0 Å². The van der Waals surface area contributed by atoms with Crippen molar-refractivity contribution in [3.63, 3.8) is 0 Å². The molecule has 110 valence electrons. The van der Waals surface area contributed by atoms with E-state index in [2.05, 4.69) is 0 Å². The van der Waals surface area contributed by atoms with Gasteiger partial charge in [-0.2, -0.15) is 0 Å². The summed E-state index contributed by atoms with van der Waals surface area (Å²) < 4.78 is 32.7. The number of hydrogen-bond acceptors (Lipinski definition) is 6. The van der Waals surface area contributed by atoms with Crippen LogP contribution < -0.4 is 0 Å². The van der Waals surface area contributed by atoms with E-state index in [-0.39, 0.29) is 24.7 Å². The van der Waals surface area contributed by atoms with Crippen LogP contribution in [-0.4, -0.2) is 50.5 Å². The Hall–Kier alpha value is -0.820. The normalized spacial score (nSPS) is 25.3. The van der Waals surface area contributed by atoms with Gasteiger partial charge in [0, 0.05) is 5.92 Å². The van der Waals surface area contributed by atoms with Crippen molar-refractivity contribution in [3.8, 4) is 0 Å². The Bertz CT molecular complexity index is 428. The van der Waals surface area contributed by atoms with Crippen molar-refractivity contribution in [1.82, 2.24) is 0 Å². The molecule has 0 aromatic carbocycles. The minimum Gasteiger partial charge on any atom is -0.465 e. The fraction of sp³-hybridized carbons (Fsp3) is 0.818. The van der Waals surface area contributed by atoms with Crippen LogP contribution in [0.1, 0.15) is 13.8 Å². The van der Waals surface area contributed by atoms with Crippen LogP contribution in [0.3, 0.4) is 0 Å². The molecule has 8 heteroatoms. The highest BCUT2D eigenvalue weighted by atomic mass is 35.5. The van der Waals surface area contributed by atoms with Crippen LogP contribution in [0.25, 0.3) is 0 Å². The van der Waals surface area contributed by atoms with E-state index in [4.69, 9.17) is 21.1 Å². The minimum absolute atomic E-state index is 0.0984. The number of halogens is 1. The highest BCUT2D eigenvalue weighted by Gasteiger charge is 2.48. The van der Waals surface area contributed by atoms with Crippen LogP contribution in [0.5, 0.6) is 0 Å². The Kier molecular flexibility index (Phi) is 5.61. The maximum Gasteiger partial charge on any atom is 0.320 e. The summed E-state index contributed by atoms with van der Waals surface area (Å²) in [4.78, 5) is 23.7. The summed E-state index contributed by atoms with van der Waals surface area (Å²) in [6.45, 7) is 3.40. The highest BCUT2D eigenvalue weighted by molar-refractivity contribution is 7.91. The topological polar surface area (TPSA) is 86.7 Å². The van der Waals surface area contributed by atoms with Crippen LogP contribution in [0.4, 0.5) is 0 Å². The van der Waals surface area contributed by atoms with Crippen LogP contribution in [-0.2, 0) is 28.9 Å². The van der Waals surface area contributed by atoms with Gasteiger partial charge < -0.3 is 9.47 Å². The van der Waals surface area contributed by atoms with Crippen molar-refractivity contribution in [2.24, 2.45) is 11.8 Å². The smallest absolute Gasteiger partial charge is 0.320 e. The fourth-order valence-electron chi connectivity index (χ4n) is 2.05. The lowest BCUT2D eigenvalue weighted by atomic mass is 9.91. The van der Waals surface area contributed by atoms with Crippen molar-refractivity contribution >= 4 is 33.4 Å². The summed E-state index contributed by atoms with van der Waals surface area (Å²) in [7, 11) is -3.33. The summed E-state index contributed by atoms with van der Waals surface area (Å²) >= 11 is 5.95. The summed E-state index contributed by atoms with van der Waals surface area (Å²) in [5.41, 5.74) is 0. The van der Waals surface area contributed by atoms with Gasteiger partial charge in [0.2, 0.25) is 0 Å². The second kappa shape index (κ2) is 6.56. The third kappa shape index (κ3) is 4.07. The van der Waals surface area contributed by atoms with Gasteiger partial charge >= 0.3 is 11.9 Å². The number of alkyl halides is 1. The molecule has 2 unspecified atom stereocenters. The minimum atomic E-state index is -3.33. The molecule has 1 heterocycles. The Balaban J connectivity index is 2.97. The van der Waals surface area contributed by atoms with E-state index >= 15 is 0 Å². The van der Waals surface area contributed by atoms with E-state index in [9.17, 15) is 18.0 Å². The maximum absolute atomic E-state index is 11.8. The molecular weight excluding hydrogens is 296 g/mol. The lowest BCUT2D eigenvalue weighted by molar-refractivity contribution is -0.163. The second-order valence-electron chi connectivity index (χ2n) is 4.24. The summed E-state index contributed by atoms with van der Waals surface area (Å²) in [5.74, 6) is -4.19. The standard InChI is InChI=1S/C11H17ClO6S/c1-3-17-10(13)9(11(14)18-4-2)7-5-19(15,16)6-8(7)12/h7-9H,3-6H2,1-2H3. The van der Waals surface area contributed by atoms with Gasteiger partial charge in [-0.3, -0.25) is 9.59 Å². The third-order valence-corrected chi connectivity index (χ3v) is 5.25. The maximum atomic E-state index is 11.8. The third-order valence-electron chi connectivity index (χ3n) is 2.83. The first-order valence-electron chi connectivity index (χ1n) is 6.00. The van der Waals surface area contributed by atoms with E-state index in [0.717, 1.165) is 0 Å². The van der Waals surface area contributed by atoms with Crippen LogP contribution in [0.2, 0.25) is 0 Å². The molecule has 0 aromatic rings. The monoisotopic (exact) mass is 312 g/mol. The molecular formula is C11H17ClO6S. The number of carbonyl (C=O) groups excluding carboxylic acids is 2. The Labute approximate surface area is 117 Å². The quantitative estimate of drug-likeness (QED) is 0.414. The number of rotatable bonds is 5. The molecule has 0 N–H and O–H groups in total. The first kappa shape index (κ1) is 16.2. The number of esters is 2. The average Bonchev–Trinajstić information content (AvgIpc) is 2.53. The first-order valence-corrected chi connectivity index (χ1v) is 8.26. The summed E-state index contributed by atoms with van der Waals surface area (Å²) in [6.07, 6.45) is 0. The molecule has 1 aliphatic rings. The SMILES string of the molecule is CCOC(=O)C(C(=O)OCC)C1CS(=O)(=O)CC1Cl. The molecule has 0 aromatic heterocycles. The van der Waals surface area contributed by atoms with Crippen molar-refractivity contribution in [1.29, 1.82) is 0 Å². The molecule has 6 nitrogen and oxygen atoms in total. The van der Waals surface area contributed by atoms with Crippen LogP contribution in [0, 0.1) is 11.8 Å². The Morgan fingerprint density at radius 1 is 1.16 bits per heavy atom. The molecule has 1 rings (SSSR count). The van der Waals surface area contributed by atoms with Crippen LogP contribution >= 0.6 is 11.6 Å². The summed E-state index contributed by atoms with van der Waals surface area (Å²) in [6, 6.07) is 0. The predicted octanol–water partition coefficient (Wildman–Crippen LogP) is 0.381. The molecule has 0 aliphatic carbocycles. The fourth-order valence-corrected chi connectivity index (χ4v) is 4.84. The van der Waals surface area contributed by atoms with Crippen molar-refractivity contribution in [3.05, 3.63) is 0 Å². The lowest BCUT2D eigenvalue weighted by Crippen LogP contribution is -2.38. The van der Waals surface area contributed by atoms with Gasteiger partial charge in [-0.05, 0) is 13.8 Å². The molecule has 2 atom stereocenters. The number of carbonyl (C=O) groups is 2. The largest absolute Gasteiger partial charge is 0.465 e. The summed E-state index contributed by atoms with van der Waals surface area (Å²) in [5, 5.41) is -0.788. The zero-order valence-corrected chi connectivity index (χ0v) is 12.4. The number of hydrogen-bond donors (Lipinski definition) is 0. The number of sulfone groups is 1. The second-order valence-corrected chi connectivity index (χ2v) is 6.95. The Morgan fingerprint density at radius 3 is 1.95 bits per heavy atom. The van der Waals surface area contributed by atoms with E-state index in [0.29, 0.717) is 0 Å². The van der Waals surface area contributed by atoms with Gasteiger partial charge in [-0.15, -0.1) is 11.6 Å². The van der Waals surface area contributed by atoms with Crippen molar-refractivity contribution in [2.45, 2.75) is 19.2 Å². The Morgan fingerprint density at radius 2 is 1.63 bits per heavy atom. The molecule has 1 aliphatic heterocycles. The van der Waals surface area contributed by atoms with Gasteiger partial charge in [0.15, 0.2) is 15.8 Å². The molecule has 1 fully saturated rings. The first-order chi connectivity index (χ1) is 8.82. The molecule has 0 saturated carbocycles. The van der Waals surface area contributed by atoms with E-state index in [1.54, 1.807) is 13.8 Å². The molecule has 0 spiro atoms. The molecule has 0 radical (unpaired) electrons. The zero-order chi connectivity index (χ0) is 14.6. The number of ether oxygens (including phenoxy) is 2. The van der Waals surface area contributed by atoms with Crippen molar-refractivity contribution < 1.29 is 27.5 Å². The molecule has 0 amide bonds. The average molecular weight is 313 g/mol. The zero-order valence-electron chi connectivity index (χ0n) is 10.8. The predicted molar refractivity (Wildman–Crippen MR) is 68.5 cm³/mol. The van der Waals surface area contributed by atoms with Crippen LogP contribution in [0.15, 0.2) is 0 Å². The van der Waals surface area contributed by atoms with Gasteiger partial charge in [-0.25, -0.2) is 8.42 Å². The molecule has 19 heavy (non-hydrogen) atoms. The van der Waals surface area contributed by atoms with Gasteiger partial charge in [0.25, 0.3) is 0 Å². The van der Waals surface area contributed by atoms with Gasteiger partial charge in [0.1, 0.15) is 0 Å². The van der Waals surface area contributed by atoms with Gasteiger partial charge in [0.05, 0.1) is 30.1 Å². The molecule has 1 saturated heterocycles. The lowest BCUT2D eigenvalue weighted by Gasteiger charge is -2.21. The van der Waals surface area contributed by atoms with Crippen molar-refractivity contribution in [2.75, 3.05) is 24.7 Å². The van der Waals surface area contributed by atoms with E-state index < -0.39 is 39.0 Å². The highest BCUT2D eigenvalue weighted by Crippen LogP contribution is 2.32. The molecule has 0 bridgehead atoms. The van der Waals surface area contributed by atoms with Gasteiger partial charge in [-0.1, -0.05) is 0 Å².